The highest BCUT2D eigenvalue weighted by Crippen LogP contribution is 2.19. The van der Waals surface area contributed by atoms with Crippen LogP contribution in [-0.2, 0) is 26.0 Å². The lowest BCUT2D eigenvalue weighted by Gasteiger charge is -2.15. The summed E-state index contributed by atoms with van der Waals surface area (Å²) in [6.07, 6.45) is 4.47. The molecule has 2 rings (SSSR count). The zero-order valence-electron chi connectivity index (χ0n) is 8.08. The molecule has 0 amide bonds. The van der Waals surface area contributed by atoms with E-state index in [-0.39, 0.29) is 6.61 Å². The van der Waals surface area contributed by atoms with E-state index in [9.17, 15) is 5.11 Å². The maximum Gasteiger partial charge on any atom is 0.109 e. The van der Waals surface area contributed by atoms with E-state index in [1.165, 1.54) is 18.7 Å². The first kappa shape index (κ1) is 8.75. The van der Waals surface area contributed by atoms with Crippen molar-refractivity contribution in [3.8, 4) is 0 Å². The molecule has 13 heavy (non-hydrogen) atoms. The van der Waals surface area contributed by atoms with Crippen LogP contribution in [0.3, 0.4) is 0 Å². The van der Waals surface area contributed by atoms with Gasteiger partial charge in [0.05, 0.1) is 18.0 Å². The highest BCUT2D eigenvalue weighted by molar-refractivity contribution is 5.18. The summed E-state index contributed by atoms with van der Waals surface area (Å²) in [5.41, 5.74) is 2.12. The second kappa shape index (κ2) is 3.50. The third-order valence-corrected chi connectivity index (χ3v) is 2.75. The Morgan fingerprint density at radius 2 is 2.31 bits per heavy atom. The van der Waals surface area contributed by atoms with Gasteiger partial charge in [0, 0.05) is 13.0 Å². The Bertz CT molecular complexity index is 294. The number of imidazole rings is 1. The van der Waals surface area contributed by atoms with Gasteiger partial charge in [0.25, 0.3) is 0 Å². The van der Waals surface area contributed by atoms with Crippen LogP contribution in [0.2, 0.25) is 0 Å². The zero-order chi connectivity index (χ0) is 9.26. The highest BCUT2D eigenvalue weighted by Gasteiger charge is 2.17. The average Bonchev–Trinajstić information content (AvgIpc) is 2.55. The minimum atomic E-state index is 0.135. The predicted octanol–water partition coefficient (Wildman–Crippen LogP) is 1.27. The lowest BCUT2D eigenvalue weighted by Crippen LogP contribution is -2.13. The van der Waals surface area contributed by atoms with Gasteiger partial charge in [0.2, 0.25) is 0 Å². The van der Waals surface area contributed by atoms with Gasteiger partial charge in [-0.3, -0.25) is 0 Å². The van der Waals surface area contributed by atoms with Crippen molar-refractivity contribution < 1.29 is 5.11 Å². The lowest BCUT2D eigenvalue weighted by molar-refractivity contribution is 0.266. The van der Waals surface area contributed by atoms with Crippen LogP contribution in [0.5, 0.6) is 0 Å². The Morgan fingerprint density at radius 3 is 3.00 bits per heavy atom. The average molecular weight is 180 g/mol. The molecule has 1 aromatic heterocycles. The monoisotopic (exact) mass is 180 g/mol. The van der Waals surface area contributed by atoms with Gasteiger partial charge in [-0.2, -0.15) is 0 Å². The van der Waals surface area contributed by atoms with Crippen LogP contribution >= 0.6 is 0 Å². The van der Waals surface area contributed by atoms with Crippen LogP contribution in [0, 0.1) is 0 Å². The van der Waals surface area contributed by atoms with Crippen molar-refractivity contribution in [1.29, 1.82) is 0 Å². The van der Waals surface area contributed by atoms with Gasteiger partial charge in [-0.25, -0.2) is 4.98 Å². The Kier molecular flexibility index (Phi) is 2.36. The predicted molar refractivity (Wildman–Crippen MR) is 50.5 cm³/mol. The number of nitrogens with zero attached hydrogens (tertiary/aromatic N) is 2. The Balaban J connectivity index is 2.44. The lowest BCUT2D eigenvalue weighted by atomic mass is 10.1. The van der Waals surface area contributed by atoms with E-state index in [2.05, 4.69) is 16.5 Å². The molecule has 3 nitrogen and oxygen atoms in total. The van der Waals surface area contributed by atoms with Gasteiger partial charge in [-0.05, 0) is 19.3 Å². The van der Waals surface area contributed by atoms with Crippen molar-refractivity contribution in [2.75, 3.05) is 0 Å². The summed E-state index contributed by atoms with van der Waals surface area (Å²) in [5, 5.41) is 9.23. The van der Waals surface area contributed by atoms with E-state index in [0.29, 0.717) is 0 Å². The molecule has 0 radical (unpaired) electrons. The van der Waals surface area contributed by atoms with E-state index < -0.39 is 0 Å². The number of rotatable bonds is 2. The van der Waals surface area contributed by atoms with Crippen LogP contribution in [0.4, 0.5) is 0 Å². The molecule has 72 valence electrons. The van der Waals surface area contributed by atoms with Gasteiger partial charge in [-0.15, -0.1) is 0 Å². The first-order valence-electron chi connectivity index (χ1n) is 5.04. The number of aryl methyl sites for hydroxylation is 2. The number of hydrogen-bond donors (Lipinski definition) is 1. The Hall–Kier alpha value is -0.830. The summed E-state index contributed by atoms with van der Waals surface area (Å²) in [4.78, 5) is 4.54. The van der Waals surface area contributed by atoms with Crippen molar-refractivity contribution in [3.05, 3.63) is 17.2 Å². The molecule has 0 saturated carbocycles. The van der Waals surface area contributed by atoms with Crippen LogP contribution < -0.4 is 0 Å². The molecule has 0 aliphatic carbocycles. The third-order valence-electron chi connectivity index (χ3n) is 2.75. The Labute approximate surface area is 78.4 Å². The van der Waals surface area contributed by atoms with E-state index >= 15 is 0 Å². The van der Waals surface area contributed by atoms with Crippen molar-refractivity contribution in [1.82, 2.24) is 9.55 Å². The van der Waals surface area contributed by atoms with Crippen LogP contribution in [0.1, 0.15) is 37.0 Å². The van der Waals surface area contributed by atoms with E-state index in [0.717, 1.165) is 30.8 Å². The minimum absolute atomic E-state index is 0.135. The first-order chi connectivity index (χ1) is 6.36. The molecule has 1 aliphatic heterocycles. The highest BCUT2D eigenvalue weighted by atomic mass is 16.3. The molecule has 0 fully saturated rings. The molecule has 1 aromatic rings. The topological polar surface area (TPSA) is 38.0 Å². The SMILES string of the molecule is CCc1nc2n(c1CO)CCCC2. The molecule has 3 heteroatoms. The van der Waals surface area contributed by atoms with Gasteiger partial charge in [0.1, 0.15) is 5.82 Å². The summed E-state index contributed by atoms with van der Waals surface area (Å²) in [7, 11) is 0. The van der Waals surface area contributed by atoms with E-state index in [1.807, 2.05) is 0 Å². The molecular formula is C10H16N2O. The summed E-state index contributed by atoms with van der Waals surface area (Å²) < 4.78 is 2.20. The molecular weight excluding hydrogens is 164 g/mol. The summed E-state index contributed by atoms with van der Waals surface area (Å²) >= 11 is 0. The number of hydrogen-bond acceptors (Lipinski definition) is 2. The van der Waals surface area contributed by atoms with Crippen LogP contribution in [0.25, 0.3) is 0 Å². The number of aliphatic hydroxyl groups excluding tert-OH is 1. The third kappa shape index (κ3) is 1.37. The summed E-state index contributed by atoms with van der Waals surface area (Å²) in [6, 6.07) is 0. The maximum absolute atomic E-state index is 9.23. The van der Waals surface area contributed by atoms with Gasteiger partial charge in [0.15, 0.2) is 0 Å². The minimum Gasteiger partial charge on any atom is -0.390 e. The molecule has 0 saturated heterocycles. The molecule has 0 spiro atoms. The largest absolute Gasteiger partial charge is 0.390 e. The molecule has 0 atom stereocenters. The normalized spacial score (nSPS) is 15.8. The fourth-order valence-electron chi connectivity index (χ4n) is 2.06. The van der Waals surface area contributed by atoms with Gasteiger partial charge in [-0.1, -0.05) is 6.92 Å². The van der Waals surface area contributed by atoms with Crippen LogP contribution in [0.15, 0.2) is 0 Å². The molecule has 0 bridgehead atoms. The standard InChI is InChI=1S/C10H16N2O/c1-2-8-9(7-13)12-6-4-3-5-10(12)11-8/h13H,2-7H2,1H3. The molecule has 2 heterocycles. The van der Waals surface area contributed by atoms with Gasteiger partial charge >= 0.3 is 0 Å². The molecule has 1 aliphatic rings. The number of aliphatic hydroxyl groups is 1. The fourth-order valence-corrected chi connectivity index (χ4v) is 2.06. The second-order valence-corrected chi connectivity index (χ2v) is 3.54. The maximum atomic E-state index is 9.23. The molecule has 0 aromatic carbocycles. The van der Waals surface area contributed by atoms with Gasteiger partial charge < -0.3 is 9.67 Å². The van der Waals surface area contributed by atoms with Crippen LogP contribution in [-0.4, -0.2) is 14.7 Å². The summed E-state index contributed by atoms with van der Waals surface area (Å²) in [5.74, 6) is 1.17. The molecule has 1 N–H and O–H groups in total. The van der Waals surface area contributed by atoms with E-state index in [1.54, 1.807) is 0 Å². The Morgan fingerprint density at radius 1 is 1.46 bits per heavy atom. The van der Waals surface area contributed by atoms with Crippen molar-refractivity contribution in [3.63, 3.8) is 0 Å². The van der Waals surface area contributed by atoms with E-state index in [4.69, 9.17) is 0 Å². The number of aromatic nitrogens is 2. The zero-order valence-corrected chi connectivity index (χ0v) is 8.08. The van der Waals surface area contributed by atoms with Crippen molar-refractivity contribution in [2.45, 2.75) is 45.8 Å². The summed E-state index contributed by atoms with van der Waals surface area (Å²) in [6.45, 7) is 3.27. The smallest absolute Gasteiger partial charge is 0.109 e. The number of fused-ring (bicyclic) bond motifs is 1. The van der Waals surface area contributed by atoms with Crippen molar-refractivity contribution >= 4 is 0 Å². The molecule has 0 unspecified atom stereocenters. The second-order valence-electron chi connectivity index (χ2n) is 3.54. The fraction of sp³-hybridized carbons (Fsp3) is 0.700. The quantitative estimate of drug-likeness (QED) is 0.744. The first-order valence-corrected chi connectivity index (χ1v) is 5.04. The van der Waals surface area contributed by atoms with Crippen molar-refractivity contribution in [2.24, 2.45) is 0 Å².